The van der Waals surface area contributed by atoms with Crippen molar-refractivity contribution in [1.82, 2.24) is 0 Å². The highest BCUT2D eigenvalue weighted by molar-refractivity contribution is 8.18. The third-order valence-electron chi connectivity index (χ3n) is 5.62. The van der Waals surface area contributed by atoms with Crippen molar-refractivity contribution in [3.05, 3.63) is 70.8 Å². The first-order chi connectivity index (χ1) is 14.6. The average molecular weight is 441 g/mol. The van der Waals surface area contributed by atoms with Crippen molar-refractivity contribution in [1.29, 1.82) is 0 Å². The predicted molar refractivity (Wildman–Crippen MR) is 131 cm³/mol. The van der Waals surface area contributed by atoms with Gasteiger partial charge in [-0.3, -0.25) is 9.59 Å². The molecule has 0 saturated heterocycles. The minimum Gasteiger partial charge on any atom is -0.282 e. The molecule has 2 nitrogen and oxygen atoms in total. The van der Waals surface area contributed by atoms with Crippen molar-refractivity contribution < 1.29 is 9.59 Å². The van der Waals surface area contributed by atoms with E-state index in [2.05, 4.69) is 38.1 Å². The third-order valence-corrected chi connectivity index (χ3v) is 8.42. The first-order valence-electron chi connectivity index (χ1n) is 11.2. The van der Waals surface area contributed by atoms with Gasteiger partial charge < -0.3 is 0 Å². The zero-order valence-corrected chi connectivity index (χ0v) is 19.7. The van der Waals surface area contributed by atoms with E-state index >= 15 is 0 Å². The van der Waals surface area contributed by atoms with Crippen LogP contribution < -0.4 is 0 Å². The molecule has 0 N–H and O–H groups in total. The quantitative estimate of drug-likeness (QED) is 0.430. The summed E-state index contributed by atoms with van der Waals surface area (Å²) < 4.78 is 0. The zero-order chi connectivity index (χ0) is 21.3. The lowest BCUT2D eigenvalue weighted by atomic mass is 10.00. The molecule has 2 aromatic carbocycles. The molecular weight excluding hydrogens is 408 g/mol. The topological polar surface area (TPSA) is 34.1 Å². The fourth-order valence-corrected chi connectivity index (χ4v) is 6.51. The van der Waals surface area contributed by atoms with Crippen LogP contribution in [0.25, 0.3) is 0 Å². The normalized spacial score (nSPS) is 18.9. The Bertz CT molecular complexity index is 756. The lowest BCUT2D eigenvalue weighted by Gasteiger charge is -2.29. The fourth-order valence-electron chi connectivity index (χ4n) is 3.94. The summed E-state index contributed by atoms with van der Waals surface area (Å²) in [5.74, 6) is 0. The van der Waals surface area contributed by atoms with Crippen LogP contribution in [0.4, 0.5) is 0 Å². The van der Waals surface area contributed by atoms with Gasteiger partial charge in [-0.2, -0.15) is 0 Å². The Balaban J connectivity index is 1.61. The molecule has 2 aromatic rings. The molecule has 1 aliphatic rings. The first-order valence-corrected chi connectivity index (χ1v) is 13.0. The molecule has 0 bridgehead atoms. The van der Waals surface area contributed by atoms with Crippen molar-refractivity contribution in [3.8, 4) is 0 Å². The molecule has 4 heteroatoms. The van der Waals surface area contributed by atoms with Gasteiger partial charge in [0.2, 0.25) is 10.2 Å². The smallest absolute Gasteiger partial charge is 0.219 e. The molecule has 0 aromatic heterocycles. The number of aryl methyl sites for hydroxylation is 2. The van der Waals surface area contributed by atoms with Crippen LogP contribution in [-0.2, 0) is 12.8 Å². The largest absolute Gasteiger partial charge is 0.282 e. The maximum Gasteiger partial charge on any atom is 0.219 e. The van der Waals surface area contributed by atoms with Crippen LogP contribution in [0.3, 0.4) is 0 Å². The van der Waals surface area contributed by atoms with Crippen LogP contribution in [0.15, 0.2) is 48.5 Å². The second-order valence-corrected chi connectivity index (χ2v) is 10.5. The number of thioether (sulfide) groups is 2. The maximum atomic E-state index is 12.9. The number of hydrogen-bond donors (Lipinski definition) is 0. The highest BCUT2D eigenvalue weighted by atomic mass is 32.2. The molecule has 30 heavy (non-hydrogen) atoms. The van der Waals surface area contributed by atoms with E-state index in [0.29, 0.717) is 0 Å². The van der Waals surface area contributed by atoms with E-state index in [1.807, 2.05) is 24.3 Å². The molecule has 1 saturated carbocycles. The summed E-state index contributed by atoms with van der Waals surface area (Å²) in [6.45, 7) is 4.33. The molecule has 3 rings (SSSR count). The zero-order valence-electron chi connectivity index (χ0n) is 18.1. The molecule has 0 spiro atoms. The Labute approximate surface area is 189 Å². The number of carbonyl (C=O) groups is 2. The van der Waals surface area contributed by atoms with E-state index in [-0.39, 0.29) is 20.7 Å². The standard InChI is InChI=1S/C26H32O2S2/c1-3-7-19-11-15-21(16-12-19)25(27)29-23-9-5-6-10-24(23)30-26(28)22-17-13-20(8-4-2)14-18-22/h11-18,23-24H,3-10H2,1-2H3. The van der Waals surface area contributed by atoms with Crippen LogP contribution in [0, 0.1) is 0 Å². The van der Waals surface area contributed by atoms with E-state index in [9.17, 15) is 9.59 Å². The van der Waals surface area contributed by atoms with Gasteiger partial charge in [0.05, 0.1) is 0 Å². The molecule has 1 aliphatic carbocycles. The Morgan fingerprint density at radius 3 is 1.40 bits per heavy atom. The highest BCUT2D eigenvalue weighted by Crippen LogP contribution is 2.38. The van der Waals surface area contributed by atoms with E-state index in [1.54, 1.807) is 0 Å². The van der Waals surface area contributed by atoms with Gasteiger partial charge in [-0.15, -0.1) is 0 Å². The summed E-state index contributed by atoms with van der Waals surface area (Å²) in [6, 6.07) is 16.1. The molecule has 160 valence electrons. The van der Waals surface area contributed by atoms with Gasteiger partial charge in [-0.1, -0.05) is 112 Å². The summed E-state index contributed by atoms with van der Waals surface area (Å²) in [5, 5.41) is 0.670. The van der Waals surface area contributed by atoms with Crippen molar-refractivity contribution in [2.24, 2.45) is 0 Å². The fraction of sp³-hybridized carbons (Fsp3) is 0.462. The summed E-state index contributed by atoms with van der Waals surface area (Å²) in [6.07, 6.45) is 8.59. The van der Waals surface area contributed by atoms with Gasteiger partial charge in [0.25, 0.3) is 0 Å². The molecule has 2 atom stereocenters. The Morgan fingerprint density at radius 1 is 0.700 bits per heavy atom. The minimum absolute atomic E-state index is 0.131. The maximum absolute atomic E-state index is 12.9. The second kappa shape index (κ2) is 11.8. The van der Waals surface area contributed by atoms with Crippen LogP contribution >= 0.6 is 23.5 Å². The van der Waals surface area contributed by atoms with Crippen molar-refractivity contribution in [3.63, 3.8) is 0 Å². The predicted octanol–water partition coefficient (Wildman–Crippen LogP) is 7.35. The van der Waals surface area contributed by atoms with Crippen molar-refractivity contribution >= 4 is 33.8 Å². The van der Waals surface area contributed by atoms with Gasteiger partial charge in [0, 0.05) is 21.6 Å². The average Bonchev–Trinajstić information content (AvgIpc) is 2.76. The van der Waals surface area contributed by atoms with Gasteiger partial charge >= 0.3 is 0 Å². The van der Waals surface area contributed by atoms with Gasteiger partial charge in [0.15, 0.2) is 0 Å². The van der Waals surface area contributed by atoms with E-state index in [4.69, 9.17) is 0 Å². The second-order valence-electron chi connectivity index (χ2n) is 8.07. The monoisotopic (exact) mass is 440 g/mol. The van der Waals surface area contributed by atoms with E-state index in [0.717, 1.165) is 62.5 Å². The lowest BCUT2D eigenvalue weighted by Crippen LogP contribution is -2.27. The Kier molecular flexibility index (Phi) is 9.07. The molecule has 0 aliphatic heterocycles. The minimum atomic E-state index is 0.131. The van der Waals surface area contributed by atoms with Crippen LogP contribution in [0.5, 0.6) is 0 Å². The summed E-state index contributed by atoms with van der Waals surface area (Å²) in [4.78, 5) is 25.7. The van der Waals surface area contributed by atoms with Gasteiger partial charge in [0.1, 0.15) is 0 Å². The van der Waals surface area contributed by atoms with Crippen LogP contribution in [-0.4, -0.2) is 20.7 Å². The number of hydrogen-bond acceptors (Lipinski definition) is 4. The number of benzene rings is 2. The molecule has 0 radical (unpaired) electrons. The summed E-state index contributed by atoms with van der Waals surface area (Å²) >= 11 is 2.87. The van der Waals surface area contributed by atoms with Crippen LogP contribution in [0.1, 0.15) is 84.2 Å². The van der Waals surface area contributed by atoms with Crippen molar-refractivity contribution in [2.45, 2.75) is 75.7 Å². The first kappa shape index (κ1) is 23.1. The Morgan fingerprint density at radius 2 is 1.07 bits per heavy atom. The molecule has 2 unspecified atom stereocenters. The van der Waals surface area contributed by atoms with E-state index in [1.165, 1.54) is 34.7 Å². The lowest BCUT2D eigenvalue weighted by molar-refractivity contribution is 0.107. The third kappa shape index (κ3) is 6.49. The van der Waals surface area contributed by atoms with Crippen molar-refractivity contribution in [2.75, 3.05) is 0 Å². The Hall–Kier alpha value is -1.52. The molecule has 0 heterocycles. The van der Waals surface area contributed by atoms with E-state index < -0.39 is 0 Å². The highest BCUT2D eigenvalue weighted by Gasteiger charge is 2.30. The van der Waals surface area contributed by atoms with Gasteiger partial charge in [-0.25, -0.2) is 0 Å². The van der Waals surface area contributed by atoms with Crippen LogP contribution in [0.2, 0.25) is 0 Å². The van der Waals surface area contributed by atoms with Gasteiger partial charge in [-0.05, 0) is 36.8 Å². The molecular formula is C26H32O2S2. The number of carbonyl (C=O) groups excluding carboxylic acids is 2. The molecule has 0 amide bonds. The molecule has 1 fully saturated rings. The number of rotatable bonds is 8. The SMILES string of the molecule is CCCc1ccc(C(=O)SC2CCCCC2SC(=O)c2ccc(CCC)cc2)cc1. The summed E-state index contributed by atoms with van der Waals surface area (Å²) in [5.41, 5.74) is 4.10. The summed E-state index contributed by atoms with van der Waals surface area (Å²) in [7, 11) is 0.